The van der Waals surface area contributed by atoms with Crippen LogP contribution in [-0.2, 0) is 6.54 Å². The Kier molecular flexibility index (Phi) is 4.27. The quantitative estimate of drug-likeness (QED) is 0.870. The molecule has 8 heteroatoms. The zero-order valence-corrected chi connectivity index (χ0v) is 10.7. The highest BCUT2D eigenvalue weighted by molar-refractivity contribution is 6.04. The van der Waals surface area contributed by atoms with Crippen LogP contribution < -0.4 is 5.32 Å². The van der Waals surface area contributed by atoms with E-state index in [-0.39, 0.29) is 6.54 Å². The van der Waals surface area contributed by atoms with Crippen molar-refractivity contribution in [2.24, 2.45) is 0 Å². The molecule has 0 unspecified atom stereocenters. The fourth-order valence-electron chi connectivity index (χ4n) is 1.72. The van der Waals surface area contributed by atoms with Crippen molar-refractivity contribution in [1.82, 2.24) is 15.1 Å². The van der Waals surface area contributed by atoms with E-state index in [0.717, 1.165) is 0 Å². The van der Waals surface area contributed by atoms with Crippen molar-refractivity contribution in [3.05, 3.63) is 53.4 Å². The first-order chi connectivity index (χ1) is 9.99. The minimum absolute atomic E-state index is 0.165. The lowest BCUT2D eigenvalue weighted by atomic mass is 10.1. The third-order valence-electron chi connectivity index (χ3n) is 2.72. The Balaban J connectivity index is 2.11. The predicted octanol–water partition coefficient (Wildman–Crippen LogP) is 1.29. The van der Waals surface area contributed by atoms with Gasteiger partial charge in [0.2, 0.25) is 0 Å². The molecule has 0 spiro atoms. The number of benzene rings is 1. The molecule has 0 atom stereocenters. The van der Waals surface area contributed by atoms with Gasteiger partial charge in [0.25, 0.3) is 5.91 Å². The minimum atomic E-state index is -1.51. The van der Waals surface area contributed by atoms with E-state index >= 15 is 0 Å². The second-order valence-corrected chi connectivity index (χ2v) is 4.14. The van der Waals surface area contributed by atoms with E-state index in [1.807, 2.05) is 0 Å². The van der Waals surface area contributed by atoms with E-state index in [9.17, 15) is 18.4 Å². The van der Waals surface area contributed by atoms with Crippen molar-refractivity contribution in [2.45, 2.75) is 6.54 Å². The summed E-state index contributed by atoms with van der Waals surface area (Å²) in [4.78, 5) is 22.8. The summed E-state index contributed by atoms with van der Waals surface area (Å²) in [5.41, 5.74) is -1.02. The summed E-state index contributed by atoms with van der Waals surface area (Å²) in [5.74, 6) is -4.90. The monoisotopic (exact) mass is 295 g/mol. The van der Waals surface area contributed by atoms with E-state index in [2.05, 4.69) is 10.4 Å². The number of amides is 1. The number of hydrogen-bond donors (Lipinski definition) is 2. The van der Waals surface area contributed by atoms with Crippen molar-refractivity contribution in [3.8, 4) is 0 Å². The number of carboxylic acids is 1. The molecule has 1 amide bonds. The van der Waals surface area contributed by atoms with Crippen molar-refractivity contribution in [2.75, 3.05) is 6.54 Å². The van der Waals surface area contributed by atoms with Gasteiger partial charge in [0, 0.05) is 18.9 Å². The summed E-state index contributed by atoms with van der Waals surface area (Å²) in [7, 11) is 0. The van der Waals surface area contributed by atoms with Crippen LogP contribution in [0.25, 0.3) is 0 Å². The summed E-state index contributed by atoms with van der Waals surface area (Å²) in [6.07, 6.45) is 3.26. The van der Waals surface area contributed by atoms with Crippen molar-refractivity contribution < 1.29 is 23.5 Å². The van der Waals surface area contributed by atoms with Crippen LogP contribution in [0.5, 0.6) is 0 Å². The lowest BCUT2D eigenvalue weighted by Gasteiger charge is -2.08. The normalized spacial score (nSPS) is 10.4. The van der Waals surface area contributed by atoms with Crippen LogP contribution >= 0.6 is 0 Å². The Labute approximate surface area is 118 Å². The van der Waals surface area contributed by atoms with Crippen LogP contribution in [0, 0.1) is 11.6 Å². The van der Waals surface area contributed by atoms with Crippen molar-refractivity contribution in [3.63, 3.8) is 0 Å². The number of rotatable bonds is 5. The number of carboxylic acid groups (broad SMARTS) is 1. The molecule has 0 aliphatic rings. The average molecular weight is 295 g/mol. The van der Waals surface area contributed by atoms with E-state index < -0.39 is 34.6 Å². The van der Waals surface area contributed by atoms with Crippen LogP contribution in [0.4, 0.5) is 8.78 Å². The molecule has 1 aromatic heterocycles. The van der Waals surface area contributed by atoms with Gasteiger partial charge in [-0.1, -0.05) is 0 Å². The molecule has 0 fully saturated rings. The van der Waals surface area contributed by atoms with Gasteiger partial charge in [-0.15, -0.1) is 0 Å². The first-order valence-corrected chi connectivity index (χ1v) is 5.97. The predicted molar refractivity (Wildman–Crippen MR) is 67.9 cm³/mol. The SMILES string of the molecule is O=C(O)c1cc(F)c(F)cc1C(=O)NCCn1cccn1. The van der Waals surface area contributed by atoms with Crippen LogP contribution in [-0.4, -0.2) is 33.3 Å². The van der Waals surface area contributed by atoms with Crippen LogP contribution in [0.2, 0.25) is 0 Å². The molecule has 0 radical (unpaired) electrons. The topological polar surface area (TPSA) is 84.2 Å². The zero-order valence-electron chi connectivity index (χ0n) is 10.7. The molecule has 2 rings (SSSR count). The van der Waals surface area contributed by atoms with Gasteiger partial charge in [-0.3, -0.25) is 9.48 Å². The van der Waals surface area contributed by atoms with Gasteiger partial charge in [0.15, 0.2) is 11.6 Å². The fourth-order valence-corrected chi connectivity index (χ4v) is 1.72. The van der Waals surface area contributed by atoms with Gasteiger partial charge in [-0.05, 0) is 18.2 Å². The molecule has 0 bridgehead atoms. The molecular formula is C13H11F2N3O3. The maximum absolute atomic E-state index is 13.2. The Hall–Kier alpha value is -2.77. The Bertz CT molecular complexity index is 672. The van der Waals surface area contributed by atoms with Gasteiger partial charge in [0.05, 0.1) is 17.7 Å². The number of halogens is 2. The van der Waals surface area contributed by atoms with Gasteiger partial charge < -0.3 is 10.4 Å². The molecule has 110 valence electrons. The molecule has 21 heavy (non-hydrogen) atoms. The van der Waals surface area contributed by atoms with Gasteiger partial charge >= 0.3 is 5.97 Å². The third-order valence-corrected chi connectivity index (χ3v) is 2.72. The number of nitrogens with zero attached hydrogens (tertiary/aromatic N) is 2. The molecule has 1 heterocycles. The maximum Gasteiger partial charge on any atom is 0.336 e. The Morgan fingerprint density at radius 1 is 1.24 bits per heavy atom. The van der Waals surface area contributed by atoms with E-state index in [1.54, 1.807) is 23.1 Å². The fraction of sp³-hybridized carbons (Fsp3) is 0.154. The number of aromatic carboxylic acids is 1. The second kappa shape index (κ2) is 6.12. The number of carbonyl (C=O) groups excluding carboxylic acids is 1. The second-order valence-electron chi connectivity index (χ2n) is 4.14. The molecular weight excluding hydrogens is 284 g/mol. The standard InChI is InChI=1S/C13H11F2N3O3/c14-10-6-8(9(13(20)21)7-11(10)15)12(19)16-3-5-18-4-1-2-17-18/h1-2,4,6-7H,3,5H2,(H,16,19)(H,20,21). The van der Waals surface area contributed by atoms with E-state index in [0.29, 0.717) is 18.7 Å². The molecule has 0 aliphatic heterocycles. The number of hydrogen-bond acceptors (Lipinski definition) is 3. The van der Waals surface area contributed by atoms with Crippen molar-refractivity contribution in [1.29, 1.82) is 0 Å². The molecule has 0 saturated heterocycles. The van der Waals surface area contributed by atoms with Crippen LogP contribution in [0.3, 0.4) is 0 Å². The van der Waals surface area contributed by atoms with Gasteiger partial charge in [-0.2, -0.15) is 5.10 Å². The largest absolute Gasteiger partial charge is 0.478 e. The zero-order chi connectivity index (χ0) is 15.4. The number of aromatic nitrogens is 2. The lowest BCUT2D eigenvalue weighted by molar-refractivity contribution is 0.0690. The molecule has 1 aromatic carbocycles. The smallest absolute Gasteiger partial charge is 0.336 e. The van der Waals surface area contributed by atoms with E-state index in [4.69, 9.17) is 5.11 Å². The summed E-state index contributed by atoms with van der Waals surface area (Å²) in [5, 5.41) is 15.3. The maximum atomic E-state index is 13.2. The summed E-state index contributed by atoms with van der Waals surface area (Å²) in [6, 6.07) is 2.77. The van der Waals surface area contributed by atoms with Crippen LogP contribution in [0.1, 0.15) is 20.7 Å². The number of nitrogens with one attached hydrogen (secondary N) is 1. The molecule has 2 aromatic rings. The lowest BCUT2D eigenvalue weighted by Crippen LogP contribution is -2.29. The summed E-state index contributed by atoms with van der Waals surface area (Å²) >= 11 is 0. The highest BCUT2D eigenvalue weighted by Crippen LogP contribution is 2.15. The molecule has 0 saturated carbocycles. The number of carbonyl (C=O) groups is 2. The molecule has 2 N–H and O–H groups in total. The molecule has 6 nitrogen and oxygen atoms in total. The van der Waals surface area contributed by atoms with Crippen LogP contribution in [0.15, 0.2) is 30.6 Å². The highest BCUT2D eigenvalue weighted by Gasteiger charge is 2.20. The Morgan fingerprint density at radius 3 is 2.48 bits per heavy atom. The first-order valence-electron chi connectivity index (χ1n) is 5.97. The summed E-state index contributed by atoms with van der Waals surface area (Å²) in [6.45, 7) is 0.531. The third kappa shape index (κ3) is 3.41. The minimum Gasteiger partial charge on any atom is -0.478 e. The average Bonchev–Trinajstić information content (AvgIpc) is 2.94. The molecule has 0 aliphatic carbocycles. The first kappa shape index (κ1) is 14.6. The summed E-state index contributed by atoms with van der Waals surface area (Å²) < 4.78 is 27.8. The van der Waals surface area contributed by atoms with Gasteiger partial charge in [-0.25, -0.2) is 13.6 Å². The highest BCUT2D eigenvalue weighted by atomic mass is 19.2. The van der Waals surface area contributed by atoms with Gasteiger partial charge in [0.1, 0.15) is 0 Å². The van der Waals surface area contributed by atoms with E-state index in [1.165, 1.54) is 0 Å². The van der Waals surface area contributed by atoms with Crippen molar-refractivity contribution >= 4 is 11.9 Å². The Morgan fingerprint density at radius 2 is 1.90 bits per heavy atom.